The Bertz CT molecular complexity index is 1280. The number of nitrogens with zero attached hydrogens (tertiary/aromatic N) is 2. The Morgan fingerprint density at radius 3 is 2.42 bits per heavy atom. The molecule has 4 heteroatoms. The summed E-state index contributed by atoms with van der Waals surface area (Å²) in [6.07, 6.45) is 0.884. The first-order valence-electron chi connectivity index (χ1n) is 10.6. The maximum Gasteiger partial charge on any atom is 0.255 e. The molecule has 1 aliphatic rings. The number of benzene rings is 3. The van der Waals surface area contributed by atoms with Crippen LogP contribution >= 0.6 is 0 Å². The molecule has 3 aromatic carbocycles. The van der Waals surface area contributed by atoms with E-state index in [1.807, 2.05) is 66.4 Å². The molecule has 4 aromatic rings. The molecule has 5 rings (SSSR count). The van der Waals surface area contributed by atoms with E-state index in [0.717, 1.165) is 52.0 Å². The zero-order valence-corrected chi connectivity index (χ0v) is 17.8. The van der Waals surface area contributed by atoms with Gasteiger partial charge in [-0.1, -0.05) is 42.5 Å². The van der Waals surface area contributed by atoms with E-state index in [1.165, 1.54) is 11.1 Å². The first-order valence-corrected chi connectivity index (χ1v) is 10.6. The van der Waals surface area contributed by atoms with Gasteiger partial charge in [-0.2, -0.15) is 0 Å². The summed E-state index contributed by atoms with van der Waals surface area (Å²) in [4.78, 5) is 20.7. The Morgan fingerprint density at radius 1 is 0.935 bits per heavy atom. The highest BCUT2D eigenvalue weighted by Crippen LogP contribution is 2.32. The largest absolute Gasteiger partial charge is 0.497 e. The number of hydrogen-bond acceptors (Lipinski definition) is 3. The number of aromatic nitrogens is 1. The molecule has 0 spiro atoms. The third kappa shape index (κ3) is 3.44. The van der Waals surface area contributed by atoms with E-state index in [2.05, 4.69) is 18.2 Å². The number of ether oxygens (including phenoxy) is 1. The zero-order chi connectivity index (χ0) is 21.4. The second-order valence-corrected chi connectivity index (χ2v) is 7.95. The Morgan fingerprint density at radius 2 is 1.65 bits per heavy atom. The number of rotatable bonds is 3. The maximum absolute atomic E-state index is 13.8. The van der Waals surface area contributed by atoms with E-state index in [4.69, 9.17) is 9.72 Å². The van der Waals surface area contributed by atoms with E-state index in [0.29, 0.717) is 6.54 Å². The SMILES string of the molecule is COc1ccc(-c2nc3ccccc3c(C(=O)N3CCc4ccccc4C3)c2C)cc1. The van der Waals surface area contributed by atoms with E-state index >= 15 is 0 Å². The van der Waals surface area contributed by atoms with Crippen molar-refractivity contribution >= 4 is 16.8 Å². The van der Waals surface area contributed by atoms with Crippen molar-refractivity contribution in [2.24, 2.45) is 0 Å². The molecular weight excluding hydrogens is 384 g/mol. The number of methoxy groups -OCH3 is 1. The van der Waals surface area contributed by atoms with Crippen LogP contribution in [0.2, 0.25) is 0 Å². The van der Waals surface area contributed by atoms with Crippen LogP contribution in [0.15, 0.2) is 72.8 Å². The minimum atomic E-state index is 0.0698. The first kappa shape index (κ1) is 19.3. The van der Waals surface area contributed by atoms with E-state index < -0.39 is 0 Å². The van der Waals surface area contributed by atoms with Gasteiger partial charge in [-0.05, 0) is 60.4 Å². The molecule has 0 atom stereocenters. The third-order valence-corrected chi connectivity index (χ3v) is 6.13. The predicted octanol–water partition coefficient (Wildman–Crippen LogP) is 5.42. The van der Waals surface area contributed by atoms with Crippen LogP contribution in [-0.2, 0) is 13.0 Å². The summed E-state index contributed by atoms with van der Waals surface area (Å²) in [5, 5.41) is 0.904. The molecule has 0 N–H and O–H groups in total. The van der Waals surface area contributed by atoms with Gasteiger partial charge in [0, 0.05) is 24.0 Å². The normalized spacial score (nSPS) is 13.2. The van der Waals surface area contributed by atoms with Crippen LogP contribution < -0.4 is 4.74 Å². The number of para-hydroxylation sites is 1. The standard InChI is InChI=1S/C27H24N2O2/c1-18-25(27(30)29-16-15-19-7-3-4-8-21(19)17-29)23-9-5-6-10-24(23)28-26(18)20-11-13-22(31-2)14-12-20/h3-14H,15-17H2,1-2H3. The molecule has 0 fully saturated rings. The highest BCUT2D eigenvalue weighted by Gasteiger charge is 2.26. The fourth-order valence-corrected chi connectivity index (χ4v) is 4.44. The summed E-state index contributed by atoms with van der Waals surface area (Å²) in [5.41, 5.74) is 6.86. The number of pyridine rings is 1. The quantitative estimate of drug-likeness (QED) is 0.455. The molecule has 0 saturated carbocycles. The summed E-state index contributed by atoms with van der Waals surface area (Å²) in [6.45, 7) is 3.37. The average Bonchev–Trinajstić information content (AvgIpc) is 2.83. The first-order chi connectivity index (χ1) is 15.2. The Kier molecular flexibility index (Phi) is 4.91. The topological polar surface area (TPSA) is 42.4 Å². The molecule has 1 amide bonds. The molecule has 31 heavy (non-hydrogen) atoms. The van der Waals surface area contributed by atoms with E-state index in [9.17, 15) is 4.79 Å². The Hall–Kier alpha value is -3.66. The lowest BCUT2D eigenvalue weighted by atomic mass is 9.95. The molecule has 0 saturated heterocycles. The molecule has 1 aliphatic heterocycles. The smallest absolute Gasteiger partial charge is 0.255 e. The highest BCUT2D eigenvalue weighted by atomic mass is 16.5. The molecule has 0 aliphatic carbocycles. The van der Waals surface area contributed by atoms with Crippen LogP contribution in [-0.4, -0.2) is 29.4 Å². The molecular formula is C27H24N2O2. The second-order valence-electron chi connectivity index (χ2n) is 7.95. The lowest BCUT2D eigenvalue weighted by molar-refractivity contribution is 0.0736. The average molecular weight is 409 g/mol. The molecule has 2 heterocycles. The lowest BCUT2D eigenvalue weighted by Gasteiger charge is -2.30. The van der Waals surface area contributed by atoms with E-state index in [-0.39, 0.29) is 5.91 Å². The zero-order valence-electron chi connectivity index (χ0n) is 17.8. The van der Waals surface area contributed by atoms with Gasteiger partial charge in [0.15, 0.2) is 0 Å². The highest BCUT2D eigenvalue weighted by molar-refractivity contribution is 6.09. The van der Waals surface area contributed by atoms with Crippen LogP contribution in [0.3, 0.4) is 0 Å². The molecule has 154 valence electrons. The van der Waals surface area contributed by atoms with Crippen LogP contribution in [0.25, 0.3) is 22.2 Å². The van der Waals surface area contributed by atoms with Crippen LogP contribution in [0, 0.1) is 6.92 Å². The van der Waals surface area contributed by atoms with Crippen molar-refractivity contribution in [2.75, 3.05) is 13.7 Å². The third-order valence-electron chi connectivity index (χ3n) is 6.13. The minimum absolute atomic E-state index is 0.0698. The summed E-state index contributed by atoms with van der Waals surface area (Å²) in [7, 11) is 1.65. The predicted molar refractivity (Wildman–Crippen MR) is 123 cm³/mol. The van der Waals surface area contributed by atoms with Crippen molar-refractivity contribution in [3.63, 3.8) is 0 Å². The number of carbonyl (C=O) groups is 1. The molecule has 1 aromatic heterocycles. The van der Waals surface area contributed by atoms with Gasteiger partial charge in [0.1, 0.15) is 5.75 Å². The van der Waals surface area contributed by atoms with Gasteiger partial charge in [0.25, 0.3) is 5.91 Å². The summed E-state index contributed by atoms with van der Waals surface area (Å²) in [5.74, 6) is 0.867. The van der Waals surface area contributed by atoms with Crippen molar-refractivity contribution < 1.29 is 9.53 Å². The van der Waals surface area contributed by atoms with Gasteiger partial charge in [-0.25, -0.2) is 4.98 Å². The molecule has 0 bridgehead atoms. The van der Waals surface area contributed by atoms with E-state index in [1.54, 1.807) is 7.11 Å². The molecule has 0 radical (unpaired) electrons. The number of amides is 1. The van der Waals surface area contributed by atoms with Gasteiger partial charge in [0.2, 0.25) is 0 Å². The van der Waals surface area contributed by atoms with Gasteiger partial charge >= 0.3 is 0 Å². The van der Waals surface area contributed by atoms with Gasteiger partial charge in [-0.3, -0.25) is 4.79 Å². The van der Waals surface area contributed by atoms with Crippen molar-refractivity contribution in [3.8, 4) is 17.0 Å². The Labute approximate surface area is 182 Å². The minimum Gasteiger partial charge on any atom is -0.497 e. The molecule has 0 unspecified atom stereocenters. The van der Waals surface area contributed by atoms with Crippen LogP contribution in [0.5, 0.6) is 5.75 Å². The maximum atomic E-state index is 13.8. The van der Waals surface area contributed by atoms with Gasteiger partial charge in [0.05, 0.1) is 23.9 Å². The molecule has 4 nitrogen and oxygen atoms in total. The fraction of sp³-hybridized carbons (Fsp3) is 0.185. The van der Waals surface area contributed by atoms with Crippen LogP contribution in [0.4, 0.5) is 0 Å². The monoisotopic (exact) mass is 408 g/mol. The number of carbonyl (C=O) groups excluding carboxylic acids is 1. The van der Waals surface area contributed by atoms with Gasteiger partial charge < -0.3 is 9.64 Å². The summed E-state index contributed by atoms with van der Waals surface area (Å²) < 4.78 is 5.29. The van der Waals surface area contributed by atoms with Crippen molar-refractivity contribution in [1.29, 1.82) is 0 Å². The second kappa shape index (κ2) is 7.88. The summed E-state index contributed by atoms with van der Waals surface area (Å²) >= 11 is 0. The fourth-order valence-electron chi connectivity index (χ4n) is 4.44. The lowest BCUT2D eigenvalue weighted by Crippen LogP contribution is -2.36. The van der Waals surface area contributed by atoms with Crippen molar-refractivity contribution in [3.05, 3.63) is 95.1 Å². The summed E-state index contributed by atoms with van der Waals surface area (Å²) in [6, 6.07) is 24.1. The number of fused-ring (bicyclic) bond motifs is 2. The van der Waals surface area contributed by atoms with Crippen molar-refractivity contribution in [2.45, 2.75) is 19.9 Å². The van der Waals surface area contributed by atoms with Crippen LogP contribution in [0.1, 0.15) is 27.0 Å². The van der Waals surface area contributed by atoms with Crippen molar-refractivity contribution in [1.82, 2.24) is 9.88 Å². The Balaban J connectivity index is 1.62. The van der Waals surface area contributed by atoms with Gasteiger partial charge in [-0.15, -0.1) is 0 Å². The number of hydrogen-bond donors (Lipinski definition) is 0.